The average molecular weight is 458 g/mol. The highest BCUT2D eigenvalue weighted by Crippen LogP contribution is 2.34. The fourth-order valence-corrected chi connectivity index (χ4v) is 4.86. The lowest BCUT2D eigenvalue weighted by Gasteiger charge is -2.21. The number of anilines is 3. The van der Waals surface area contributed by atoms with Crippen LogP contribution in [0.5, 0.6) is 5.75 Å². The number of rotatable bonds is 6. The number of aryl methyl sites for hydroxylation is 2. The fraction of sp³-hybridized carbons (Fsp3) is 0.192. The molecule has 0 fully saturated rings. The third kappa shape index (κ3) is 4.45. The van der Waals surface area contributed by atoms with Gasteiger partial charge in [0.2, 0.25) is 5.91 Å². The molecule has 166 valence electrons. The molecule has 0 radical (unpaired) electrons. The minimum atomic E-state index is -0.204. The summed E-state index contributed by atoms with van der Waals surface area (Å²) in [6, 6.07) is 21.3. The minimum absolute atomic E-state index is 0.0203. The number of hydrogen-bond acceptors (Lipinski definition) is 5. The van der Waals surface area contributed by atoms with Gasteiger partial charge in [-0.3, -0.25) is 14.5 Å². The van der Waals surface area contributed by atoms with Crippen LogP contribution in [-0.4, -0.2) is 23.4 Å². The smallest absolute Gasteiger partial charge is 0.271 e. The van der Waals surface area contributed by atoms with Crippen LogP contribution in [0.1, 0.15) is 24.5 Å². The van der Waals surface area contributed by atoms with E-state index in [-0.39, 0.29) is 18.4 Å². The van der Waals surface area contributed by atoms with Gasteiger partial charge < -0.3 is 10.1 Å². The molecule has 5 rings (SSSR count). The molecule has 7 heteroatoms. The Labute approximate surface area is 195 Å². The first-order valence-corrected chi connectivity index (χ1v) is 11.8. The molecule has 0 unspecified atom stereocenters. The summed E-state index contributed by atoms with van der Waals surface area (Å²) in [7, 11) is 0. The summed E-state index contributed by atoms with van der Waals surface area (Å²) in [5.41, 5.74) is 4.63. The lowest BCUT2D eigenvalue weighted by molar-refractivity contribution is -0.120. The van der Waals surface area contributed by atoms with Crippen molar-refractivity contribution in [1.29, 1.82) is 0 Å². The predicted molar refractivity (Wildman–Crippen MR) is 131 cm³/mol. The second-order valence-electron chi connectivity index (χ2n) is 7.87. The Morgan fingerprint density at radius 2 is 1.91 bits per heavy atom. The SMILES string of the molecule is CCc1ccc(N(C(=O)COc2ccc3c(c2)CCC(=O)N3)c2nc3ccccc3s2)cc1. The maximum absolute atomic E-state index is 13.4. The van der Waals surface area contributed by atoms with Crippen LogP contribution in [0.4, 0.5) is 16.5 Å². The summed E-state index contributed by atoms with van der Waals surface area (Å²) in [5.74, 6) is 0.417. The summed E-state index contributed by atoms with van der Waals surface area (Å²) >= 11 is 1.48. The van der Waals surface area contributed by atoms with Crippen LogP contribution in [0.15, 0.2) is 66.7 Å². The third-order valence-corrected chi connectivity index (χ3v) is 6.68. The molecule has 3 aromatic carbocycles. The standard InChI is InChI=1S/C26H23N3O3S/c1-2-17-7-10-19(11-8-17)29(26-28-22-5-3-4-6-23(22)33-26)25(31)16-32-20-12-13-21-18(15-20)9-14-24(30)27-21/h3-8,10-13,15H,2,9,14,16H2,1H3,(H,27,30). The molecule has 0 saturated carbocycles. The predicted octanol–water partition coefficient (Wildman–Crippen LogP) is 5.49. The van der Waals surface area contributed by atoms with Crippen molar-refractivity contribution >= 4 is 49.9 Å². The maximum Gasteiger partial charge on any atom is 0.271 e. The van der Waals surface area contributed by atoms with Gasteiger partial charge in [0, 0.05) is 12.1 Å². The monoisotopic (exact) mass is 457 g/mol. The Hall–Kier alpha value is -3.71. The molecule has 0 spiro atoms. The van der Waals surface area contributed by atoms with Crippen molar-refractivity contribution in [2.75, 3.05) is 16.8 Å². The zero-order valence-corrected chi connectivity index (χ0v) is 19.0. The summed E-state index contributed by atoms with van der Waals surface area (Å²) in [6.07, 6.45) is 2.04. The van der Waals surface area contributed by atoms with Crippen molar-refractivity contribution in [1.82, 2.24) is 4.98 Å². The van der Waals surface area contributed by atoms with Gasteiger partial charge in [-0.15, -0.1) is 0 Å². The van der Waals surface area contributed by atoms with E-state index in [2.05, 4.69) is 12.2 Å². The van der Waals surface area contributed by atoms with Gasteiger partial charge in [-0.25, -0.2) is 4.98 Å². The molecule has 0 bridgehead atoms. The number of aromatic nitrogens is 1. The first-order chi connectivity index (χ1) is 16.1. The highest BCUT2D eigenvalue weighted by atomic mass is 32.1. The lowest BCUT2D eigenvalue weighted by atomic mass is 10.0. The van der Waals surface area contributed by atoms with E-state index in [9.17, 15) is 9.59 Å². The Balaban J connectivity index is 1.41. The van der Waals surface area contributed by atoms with E-state index in [1.54, 1.807) is 11.0 Å². The number of hydrogen-bond donors (Lipinski definition) is 1. The topological polar surface area (TPSA) is 71.5 Å². The molecular formula is C26H23N3O3S. The van der Waals surface area contributed by atoms with Crippen LogP contribution in [0.25, 0.3) is 10.2 Å². The summed E-state index contributed by atoms with van der Waals surface area (Å²) in [6.45, 7) is 1.97. The molecule has 0 saturated heterocycles. The van der Waals surface area contributed by atoms with Crippen LogP contribution in [-0.2, 0) is 22.4 Å². The van der Waals surface area contributed by atoms with Gasteiger partial charge in [0.05, 0.1) is 15.9 Å². The van der Waals surface area contributed by atoms with Crippen molar-refractivity contribution in [3.05, 3.63) is 77.9 Å². The second kappa shape index (κ2) is 9.03. The van der Waals surface area contributed by atoms with E-state index >= 15 is 0 Å². The first kappa shape index (κ1) is 21.2. The quantitative estimate of drug-likeness (QED) is 0.416. The number of nitrogens with one attached hydrogen (secondary N) is 1. The van der Waals surface area contributed by atoms with E-state index in [0.717, 1.165) is 33.6 Å². The highest BCUT2D eigenvalue weighted by Gasteiger charge is 2.23. The number of nitrogens with zero attached hydrogens (tertiary/aromatic N) is 2. The van der Waals surface area contributed by atoms with Crippen molar-refractivity contribution in [3.8, 4) is 5.75 Å². The number of thiazole rings is 1. The van der Waals surface area contributed by atoms with Crippen LogP contribution < -0.4 is 15.0 Å². The Bertz CT molecular complexity index is 1300. The summed E-state index contributed by atoms with van der Waals surface area (Å²) in [4.78, 5) is 31.3. The lowest BCUT2D eigenvalue weighted by Crippen LogP contribution is -2.31. The molecular weight excluding hydrogens is 434 g/mol. The molecule has 0 atom stereocenters. The van der Waals surface area contributed by atoms with Gasteiger partial charge in [-0.05, 0) is 66.4 Å². The minimum Gasteiger partial charge on any atom is -0.484 e. The molecule has 0 aliphatic carbocycles. The Kier molecular flexibility index (Phi) is 5.79. The first-order valence-electron chi connectivity index (χ1n) is 10.9. The van der Waals surface area contributed by atoms with Crippen molar-refractivity contribution in [3.63, 3.8) is 0 Å². The van der Waals surface area contributed by atoms with Gasteiger partial charge >= 0.3 is 0 Å². The van der Waals surface area contributed by atoms with Crippen molar-refractivity contribution in [2.24, 2.45) is 0 Å². The van der Waals surface area contributed by atoms with Crippen molar-refractivity contribution in [2.45, 2.75) is 26.2 Å². The van der Waals surface area contributed by atoms with E-state index in [1.807, 2.05) is 60.7 Å². The molecule has 1 aliphatic heterocycles. The van der Waals surface area contributed by atoms with E-state index in [4.69, 9.17) is 9.72 Å². The van der Waals surface area contributed by atoms with E-state index < -0.39 is 0 Å². The average Bonchev–Trinajstić information content (AvgIpc) is 3.27. The van der Waals surface area contributed by atoms with Gasteiger partial charge in [0.15, 0.2) is 11.7 Å². The van der Waals surface area contributed by atoms with E-state index in [0.29, 0.717) is 23.7 Å². The Morgan fingerprint density at radius 1 is 1.09 bits per heavy atom. The fourth-order valence-electron chi connectivity index (χ4n) is 3.86. The molecule has 1 aromatic heterocycles. The zero-order chi connectivity index (χ0) is 22.8. The normalized spacial score (nSPS) is 12.8. The Morgan fingerprint density at radius 3 is 2.70 bits per heavy atom. The van der Waals surface area contributed by atoms with Crippen LogP contribution in [0.2, 0.25) is 0 Å². The molecule has 2 heterocycles. The van der Waals surface area contributed by atoms with Gasteiger partial charge in [-0.1, -0.05) is 42.5 Å². The number of para-hydroxylation sites is 1. The molecule has 33 heavy (non-hydrogen) atoms. The molecule has 1 N–H and O–H groups in total. The number of carbonyl (C=O) groups excluding carboxylic acids is 2. The molecule has 1 aliphatic rings. The number of carbonyl (C=O) groups is 2. The number of benzene rings is 3. The maximum atomic E-state index is 13.4. The van der Waals surface area contributed by atoms with Gasteiger partial charge in [-0.2, -0.15) is 0 Å². The van der Waals surface area contributed by atoms with Gasteiger partial charge in [0.25, 0.3) is 5.91 Å². The van der Waals surface area contributed by atoms with Crippen molar-refractivity contribution < 1.29 is 14.3 Å². The van der Waals surface area contributed by atoms with Gasteiger partial charge in [0.1, 0.15) is 5.75 Å². The number of fused-ring (bicyclic) bond motifs is 2. The number of amides is 2. The summed E-state index contributed by atoms with van der Waals surface area (Å²) in [5, 5.41) is 3.47. The summed E-state index contributed by atoms with van der Waals surface area (Å²) < 4.78 is 6.90. The van der Waals surface area contributed by atoms with E-state index in [1.165, 1.54) is 16.9 Å². The van der Waals surface area contributed by atoms with Crippen LogP contribution in [0.3, 0.4) is 0 Å². The molecule has 6 nitrogen and oxygen atoms in total. The largest absolute Gasteiger partial charge is 0.484 e. The second-order valence-corrected chi connectivity index (χ2v) is 8.88. The van der Waals surface area contributed by atoms with Crippen LogP contribution in [0, 0.1) is 0 Å². The number of ether oxygens (including phenoxy) is 1. The third-order valence-electron chi connectivity index (χ3n) is 5.66. The molecule has 2 amide bonds. The van der Waals surface area contributed by atoms with Crippen LogP contribution >= 0.6 is 11.3 Å². The zero-order valence-electron chi connectivity index (χ0n) is 18.2. The highest BCUT2D eigenvalue weighted by molar-refractivity contribution is 7.22. The molecule has 4 aromatic rings.